The van der Waals surface area contributed by atoms with E-state index in [1.807, 2.05) is 0 Å². The number of hydrogen-bond donors (Lipinski definition) is 2. The maximum Gasteiger partial charge on any atom is 0.247 e. The Morgan fingerprint density at radius 3 is 3.15 bits per heavy atom. The van der Waals surface area contributed by atoms with Gasteiger partial charge < -0.3 is 10.4 Å². The minimum Gasteiger partial charge on any atom is -0.392 e. The summed E-state index contributed by atoms with van der Waals surface area (Å²) < 4.78 is 0. The van der Waals surface area contributed by atoms with Gasteiger partial charge in [-0.1, -0.05) is 6.58 Å². The summed E-state index contributed by atoms with van der Waals surface area (Å²) in [6, 6.07) is 1.64. The summed E-state index contributed by atoms with van der Waals surface area (Å²) in [5.74, 6) is -0.317. The van der Waals surface area contributed by atoms with E-state index < -0.39 is 0 Å². The van der Waals surface area contributed by atoms with Gasteiger partial charge in [-0.2, -0.15) is 0 Å². The fourth-order valence-corrected chi connectivity index (χ4v) is 0.857. The fourth-order valence-electron chi connectivity index (χ4n) is 0.857. The number of aliphatic hydroxyl groups excluding tert-OH is 1. The van der Waals surface area contributed by atoms with Gasteiger partial charge in [0.15, 0.2) is 0 Å². The smallest absolute Gasteiger partial charge is 0.247 e. The van der Waals surface area contributed by atoms with Crippen LogP contribution in [0.25, 0.3) is 0 Å². The molecule has 1 heterocycles. The molecule has 4 nitrogen and oxygen atoms in total. The quantitative estimate of drug-likeness (QED) is 0.669. The lowest BCUT2D eigenvalue weighted by Crippen LogP contribution is -2.09. The first-order valence-corrected chi connectivity index (χ1v) is 3.75. The Morgan fingerprint density at radius 2 is 2.54 bits per heavy atom. The lowest BCUT2D eigenvalue weighted by molar-refractivity contribution is -0.111. The van der Waals surface area contributed by atoms with Crippen LogP contribution in [0.4, 0.5) is 5.69 Å². The van der Waals surface area contributed by atoms with Crippen molar-refractivity contribution in [3.8, 4) is 0 Å². The Labute approximate surface area is 75.9 Å². The second kappa shape index (κ2) is 4.37. The molecular formula is C9H10N2O2. The molecular weight excluding hydrogens is 168 g/mol. The first-order valence-electron chi connectivity index (χ1n) is 3.75. The summed E-state index contributed by atoms with van der Waals surface area (Å²) in [6.07, 6.45) is 4.19. The molecule has 1 amide bonds. The van der Waals surface area contributed by atoms with Crippen LogP contribution in [0.5, 0.6) is 0 Å². The molecule has 1 aromatic heterocycles. The molecule has 4 heteroatoms. The number of carbonyl (C=O) groups excluding carboxylic acids is 1. The summed E-state index contributed by atoms with van der Waals surface area (Å²) in [5, 5.41) is 11.4. The first-order chi connectivity index (χ1) is 6.27. The monoisotopic (exact) mass is 178 g/mol. The van der Waals surface area contributed by atoms with E-state index >= 15 is 0 Å². The van der Waals surface area contributed by atoms with Crippen LogP contribution in [-0.4, -0.2) is 16.0 Å². The van der Waals surface area contributed by atoms with Gasteiger partial charge in [-0.15, -0.1) is 0 Å². The van der Waals surface area contributed by atoms with Crippen molar-refractivity contribution in [2.45, 2.75) is 6.61 Å². The van der Waals surface area contributed by atoms with E-state index in [0.717, 1.165) is 6.08 Å². The van der Waals surface area contributed by atoms with Crippen molar-refractivity contribution in [1.82, 2.24) is 4.98 Å². The third-order valence-corrected chi connectivity index (χ3v) is 1.52. The van der Waals surface area contributed by atoms with Gasteiger partial charge in [-0.05, 0) is 12.1 Å². The number of amides is 1. The standard InChI is InChI=1S/C9H10N2O2/c1-2-9(13)11-8-5-10-4-3-7(8)6-12/h2-5,12H,1,6H2,(H,11,13). The zero-order chi connectivity index (χ0) is 9.68. The highest BCUT2D eigenvalue weighted by Crippen LogP contribution is 2.12. The van der Waals surface area contributed by atoms with Gasteiger partial charge in [-0.3, -0.25) is 9.78 Å². The Bertz CT molecular complexity index is 323. The molecule has 1 rings (SSSR count). The van der Waals surface area contributed by atoms with Gasteiger partial charge in [0.2, 0.25) is 5.91 Å². The maximum absolute atomic E-state index is 10.9. The van der Waals surface area contributed by atoms with Crippen LogP contribution in [-0.2, 0) is 11.4 Å². The van der Waals surface area contributed by atoms with E-state index in [1.165, 1.54) is 6.20 Å². The van der Waals surface area contributed by atoms with Crippen molar-refractivity contribution >= 4 is 11.6 Å². The van der Waals surface area contributed by atoms with Crippen molar-refractivity contribution in [2.75, 3.05) is 5.32 Å². The van der Waals surface area contributed by atoms with Crippen LogP contribution in [0.1, 0.15) is 5.56 Å². The third kappa shape index (κ3) is 2.38. The second-order valence-corrected chi connectivity index (χ2v) is 2.38. The SMILES string of the molecule is C=CC(=O)Nc1cnccc1CO. The minimum absolute atomic E-state index is 0.130. The highest BCUT2D eigenvalue weighted by atomic mass is 16.3. The molecule has 0 radical (unpaired) electrons. The molecule has 13 heavy (non-hydrogen) atoms. The minimum atomic E-state index is -0.317. The zero-order valence-corrected chi connectivity index (χ0v) is 7.03. The number of carbonyl (C=O) groups is 1. The van der Waals surface area contributed by atoms with Gasteiger partial charge in [0.1, 0.15) is 0 Å². The Hall–Kier alpha value is -1.68. The van der Waals surface area contributed by atoms with Gasteiger partial charge in [0.05, 0.1) is 18.5 Å². The molecule has 68 valence electrons. The molecule has 0 unspecified atom stereocenters. The summed E-state index contributed by atoms with van der Waals surface area (Å²) >= 11 is 0. The summed E-state index contributed by atoms with van der Waals surface area (Å²) in [4.78, 5) is 14.7. The number of aromatic nitrogens is 1. The Balaban J connectivity index is 2.86. The predicted octanol–water partition coefficient (Wildman–Crippen LogP) is 0.698. The number of pyridine rings is 1. The number of nitrogens with one attached hydrogen (secondary N) is 1. The van der Waals surface area contributed by atoms with Crippen molar-refractivity contribution in [1.29, 1.82) is 0 Å². The summed E-state index contributed by atoms with van der Waals surface area (Å²) in [5.41, 5.74) is 1.14. The van der Waals surface area contributed by atoms with Crippen LogP contribution in [0, 0.1) is 0 Å². The van der Waals surface area contributed by atoms with Crippen LogP contribution in [0.15, 0.2) is 31.1 Å². The zero-order valence-electron chi connectivity index (χ0n) is 7.03. The Kier molecular flexibility index (Phi) is 3.16. The highest BCUT2D eigenvalue weighted by molar-refractivity contribution is 5.99. The third-order valence-electron chi connectivity index (χ3n) is 1.52. The largest absolute Gasteiger partial charge is 0.392 e. The van der Waals surface area contributed by atoms with Crippen LogP contribution in [0.2, 0.25) is 0 Å². The summed E-state index contributed by atoms with van der Waals surface area (Å²) in [6.45, 7) is 3.19. The number of nitrogens with zero attached hydrogens (tertiary/aromatic N) is 1. The van der Waals surface area contributed by atoms with E-state index in [2.05, 4.69) is 16.9 Å². The van der Waals surface area contributed by atoms with E-state index in [1.54, 1.807) is 12.3 Å². The van der Waals surface area contributed by atoms with E-state index in [-0.39, 0.29) is 12.5 Å². The van der Waals surface area contributed by atoms with E-state index in [4.69, 9.17) is 5.11 Å². The predicted molar refractivity (Wildman–Crippen MR) is 49.0 cm³/mol. The first kappa shape index (κ1) is 9.41. The lowest BCUT2D eigenvalue weighted by atomic mass is 10.2. The van der Waals surface area contributed by atoms with Crippen molar-refractivity contribution < 1.29 is 9.90 Å². The molecule has 1 aromatic rings. The molecule has 0 aliphatic carbocycles. The van der Waals surface area contributed by atoms with Gasteiger partial charge in [-0.25, -0.2) is 0 Å². The maximum atomic E-state index is 10.9. The number of aliphatic hydroxyl groups is 1. The number of rotatable bonds is 3. The summed E-state index contributed by atoms with van der Waals surface area (Å²) in [7, 11) is 0. The molecule has 0 atom stereocenters. The van der Waals surface area contributed by atoms with Crippen molar-refractivity contribution in [2.24, 2.45) is 0 Å². The topological polar surface area (TPSA) is 62.2 Å². The number of hydrogen-bond acceptors (Lipinski definition) is 3. The molecule has 0 aromatic carbocycles. The average Bonchev–Trinajstić information content (AvgIpc) is 2.18. The normalized spacial score (nSPS) is 9.31. The molecule has 0 saturated heterocycles. The molecule has 2 N–H and O–H groups in total. The molecule has 0 aliphatic rings. The van der Waals surface area contributed by atoms with Gasteiger partial charge in [0, 0.05) is 11.8 Å². The average molecular weight is 178 g/mol. The van der Waals surface area contributed by atoms with E-state index in [0.29, 0.717) is 11.3 Å². The molecule has 0 spiro atoms. The van der Waals surface area contributed by atoms with Crippen LogP contribution >= 0.6 is 0 Å². The molecule has 0 fully saturated rings. The molecule has 0 bridgehead atoms. The van der Waals surface area contributed by atoms with Crippen molar-refractivity contribution in [3.63, 3.8) is 0 Å². The lowest BCUT2D eigenvalue weighted by Gasteiger charge is -2.05. The highest BCUT2D eigenvalue weighted by Gasteiger charge is 2.02. The van der Waals surface area contributed by atoms with Gasteiger partial charge >= 0.3 is 0 Å². The van der Waals surface area contributed by atoms with Gasteiger partial charge in [0.25, 0.3) is 0 Å². The fraction of sp³-hybridized carbons (Fsp3) is 0.111. The van der Waals surface area contributed by atoms with Crippen LogP contribution in [0.3, 0.4) is 0 Å². The van der Waals surface area contributed by atoms with Crippen LogP contribution < -0.4 is 5.32 Å². The van der Waals surface area contributed by atoms with Crippen molar-refractivity contribution in [3.05, 3.63) is 36.7 Å². The second-order valence-electron chi connectivity index (χ2n) is 2.38. The Morgan fingerprint density at radius 1 is 1.77 bits per heavy atom. The molecule has 0 aliphatic heterocycles. The van der Waals surface area contributed by atoms with E-state index in [9.17, 15) is 4.79 Å². The number of anilines is 1. The molecule has 0 saturated carbocycles.